The van der Waals surface area contributed by atoms with Crippen molar-refractivity contribution in [2.24, 2.45) is 7.05 Å². The smallest absolute Gasteiger partial charge is 0.147 e. The Hall–Kier alpha value is -2.40. The van der Waals surface area contributed by atoms with Gasteiger partial charge in [0.2, 0.25) is 0 Å². The molecule has 1 atom stereocenters. The van der Waals surface area contributed by atoms with E-state index in [1.165, 1.54) is 0 Å². The average Bonchev–Trinajstić information content (AvgIpc) is 2.92. The highest BCUT2D eigenvalue weighted by molar-refractivity contribution is 5.72. The molecule has 0 spiro atoms. The fraction of sp³-hybridized carbons (Fsp3) is 0.200. The van der Waals surface area contributed by atoms with E-state index in [1.807, 2.05) is 54.4 Å². The van der Waals surface area contributed by atoms with Crippen LogP contribution in [0, 0.1) is 0 Å². The molecule has 2 aromatic rings. The summed E-state index contributed by atoms with van der Waals surface area (Å²) < 4.78 is 7.69. The first kappa shape index (κ1) is 12.6. The lowest BCUT2D eigenvalue weighted by Gasteiger charge is -2.19. The van der Waals surface area contributed by atoms with Crippen molar-refractivity contribution in [1.82, 2.24) is 19.9 Å². The number of aromatic nitrogens is 3. The Morgan fingerprint density at radius 1 is 1.30 bits per heavy atom. The van der Waals surface area contributed by atoms with Crippen molar-refractivity contribution >= 4 is 5.57 Å². The molecule has 3 rings (SSSR count). The van der Waals surface area contributed by atoms with Crippen LogP contribution >= 0.6 is 0 Å². The van der Waals surface area contributed by atoms with Crippen molar-refractivity contribution < 1.29 is 4.74 Å². The summed E-state index contributed by atoms with van der Waals surface area (Å²) in [6, 6.07) is 5.86. The zero-order valence-electron chi connectivity index (χ0n) is 11.2. The van der Waals surface area contributed by atoms with E-state index in [0.29, 0.717) is 6.61 Å². The first-order valence-corrected chi connectivity index (χ1v) is 6.46. The third-order valence-electron chi connectivity index (χ3n) is 3.13. The molecule has 1 N–H and O–H groups in total. The number of dihydropyridines is 1. The van der Waals surface area contributed by atoms with Crippen LogP contribution < -0.4 is 5.32 Å². The highest BCUT2D eigenvalue weighted by atomic mass is 16.5. The molecule has 0 aliphatic carbocycles. The van der Waals surface area contributed by atoms with Crippen molar-refractivity contribution in [2.75, 3.05) is 0 Å². The van der Waals surface area contributed by atoms with Gasteiger partial charge in [-0.05, 0) is 18.2 Å². The summed E-state index contributed by atoms with van der Waals surface area (Å²) in [7, 11) is 1.95. The topological polar surface area (TPSA) is 52.0 Å². The van der Waals surface area contributed by atoms with Crippen molar-refractivity contribution in [1.29, 1.82) is 0 Å². The molecule has 1 aliphatic heterocycles. The Kier molecular flexibility index (Phi) is 3.60. The maximum atomic E-state index is 5.75. The quantitative estimate of drug-likeness (QED) is 0.919. The lowest BCUT2D eigenvalue weighted by Crippen LogP contribution is -2.28. The molecule has 0 fully saturated rings. The predicted octanol–water partition coefficient (Wildman–Crippen LogP) is 1.86. The van der Waals surface area contributed by atoms with Gasteiger partial charge in [-0.3, -0.25) is 4.98 Å². The van der Waals surface area contributed by atoms with Gasteiger partial charge in [0.1, 0.15) is 18.7 Å². The Labute approximate surface area is 117 Å². The van der Waals surface area contributed by atoms with E-state index in [2.05, 4.69) is 15.3 Å². The van der Waals surface area contributed by atoms with Gasteiger partial charge in [0.25, 0.3) is 0 Å². The first-order valence-electron chi connectivity index (χ1n) is 6.46. The number of pyridine rings is 1. The minimum atomic E-state index is -0.140. The van der Waals surface area contributed by atoms with Crippen LogP contribution in [0.25, 0.3) is 5.57 Å². The Bertz CT molecular complexity index is 630. The first-order chi connectivity index (χ1) is 9.83. The van der Waals surface area contributed by atoms with Crippen LogP contribution in [0.15, 0.2) is 55.1 Å². The van der Waals surface area contributed by atoms with Crippen molar-refractivity contribution in [2.45, 2.75) is 12.8 Å². The lowest BCUT2D eigenvalue weighted by molar-refractivity contribution is 0.0529. The van der Waals surface area contributed by atoms with Gasteiger partial charge in [-0.1, -0.05) is 12.1 Å². The third-order valence-corrected chi connectivity index (χ3v) is 3.13. The third kappa shape index (κ3) is 2.78. The second kappa shape index (κ2) is 5.71. The summed E-state index contributed by atoms with van der Waals surface area (Å²) in [5.74, 6) is 0.903. The summed E-state index contributed by atoms with van der Waals surface area (Å²) >= 11 is 0. The van der Waals surface area contributed by atoms with E-state index in [4.69, 9.17) is 4.74 Å². The van der Waals surface area contributed by atoms with Gasteiger partial charge in [0, 0.05) is 37.4 Å². The molecule has 3 heterocycles. The molecule has 102 valence electrons. The van der Waals surface area contributed by atoms with E-state index in [1.54, 1.807) is 12.4 Å². The number of nitrogens with one attached hydrogen (secondary N) is 1. The number of hydrogen-bond acceptors (Lipinski definition) is 4. The molecule has 0 saturated heterocycles. The van der Waals surface area contributed by atoms with E-state index < -0.39 is 0 Å². The number of allylic oxidation sites excluding steroid dienone is 2. The molecule has 0 amide bonds. The average molecular weight is 268 g/mol. The zero-order chi connectivity index (χ0) is 13.8. The predicted molar refractivity (Wildman–Crippen MR) is 76.3 cm³/mol. The second-order valence-electron chi connectivity index (χ2n) is 4.53. The summed E-state index contributed by atoms with van der Waals surface area (Å²) in [6.07, 6.45) is 11.2. The van der Waals surface area contributed by atoms with Gasteiger partial charge in [-0.25, -0.2) is 4.98 Å². The van der Waals surface area contributed by atoms with E-state index in [-0.39, 0.29) is 6.23 Å². The van der Waals surface area contributed by atoms with Gasteiger partial charge in [-0.15, -0.1) is 0 Å². The molecule has 1 aliphatic rings. The molecule has 20 heavy (non-hydrogen) atoms. The van der Waals surface area contributed by atoms with E-state index >= 15 is 0 Å². The molecular weight excluding hydrogens is 252 g/mol. The molecule has 5 heteroatoms. The molecule has 0 bridgehead atoms. The highest BCUT2D eigenvalue weighted by Crippen LogP contribution is 2.16. The van der Waals surface area contributed by atoms with E-state index in [9.17, 15) is 0 Å². The van der Waals surface area contributed by atoms with Crippen LogP contribution in [0.5, 0.6) is 0 Å². The van der Waals surface area contributed by atoms with Crippen LogP contribution in [0.2, 0.25) is 0 Å². The number of hydrogen-bond donors (Lipinski definition) is 1. The lowest BCUT2D eigenvalue weighted by atomic mass is 10.1. The Morgan fingerprint density at radius 3 is 2.90 bits per heavy atom. The number of imidazole rings is 1. The fourth-order valence-electron chi connectivity index (χ4n) is 1.96. The van der Waals surface area contributed by atoms with Crippen LogP contribution in [0.3, 0.4) is 0 Å². The van der Waals surface area contributed by atoms with E-state index in [0.717, 1.165) is 17.1 Å². The standard InChI is InChI=1S/C15H16N4O/c1-19-9-8-17-14(19)11-20-15-6-5-12(10-18-15)13-4-2-3-7-16-13/h2-10,15,18H,11H2,1H3. The van der Waals surface area contributed by atoms with Gasteiger partial charge in [0.15, 0.2) is 0 Å². The molecule has 0 saturated carbocycles. The molecule has 0 radical (unpaired) electrons. The molecule has 2 aromatic heterocycles. The molecular formula is C15H16N4O. The number of ether oxygens (including phenoxy) is 1. The maximum absolute atomic E-state index is 5.75. The van der Waals surface area contributed by atoms with Gasteiger partial charge in [0.05, 0.1) is 5.69 Å². The fourth-order valence-corrected chi connectivity index (χ4v) is 1.96. The largest absolute Gasteiger partial charge is 0.362 e. The molecule has 0 aromatic carbocycles. The van der Waals surface area contributed by atoms with Crippen LogP contribution in [0.4, 0.5) is 0 Å². The summed E-state index contributed by atoms with van der Waals surface area (Å²) in [5, 5.41) is 3.20. The van der Waals surface area contributed by atoms with Crippen molar-refractivity contribution in [3.05, 3.63) is 66.7 Å². The second-order valence-corrected chi connectivity index (χ2v) is 4.53. The number of nitrogens with zero attached hydrogens (tertiary/aromatic N) is 3. The Balaban J connectivity index is 1.58. The summed E-state index contributed by atoms with van der Waals surface area (Å²) in [4.78, 5) is 8.54. The van der Waals surface area contributed by atoms with Crippen LogP contribution in [-0.4, -0.2) is 20.8 Å². The van der Waals surface area contributed by atoms with Crippen molar-refractivity contribution in [3.8, 4) is 0 Å². The minimum absolute atomic E-state index is 0.140. The summed E-state index contributed by atoms with van der Waals surface area (Å²) in [6.45, 7) is 0.471. The van der Waals surface area contributed by atoms with Gasteiger partial charge in [-0.2, -0.15) is 0 Å². The van der Waals surface area contributed by atoms with Gasteiger partial charge < -0.3 is 14.6 Å². The monoisotopic (exact) mass is 268 g/mol. The molecule has 1 unspecified atom stereocenters. The maximum Gasteiger partial charge on any atom is 0.147 e. The van der Waals surface area contributed by atoms with Crippen molar-refractivity contribution in [3.63, 3.8) is 0 Å². The van der Waals surface area contributed by atoms with Crippen LogP contribution in [0.1, 0.15) is 11.5 Å². The Morgan fingerprint density at radius 2 is 2.25 bits per heavy atom. The minimum Gasteiger partial charge on any atom is -0.362 e. The van der Waals surface area contributed by atoms with Gasteiger partial charge >= 0.3 is 0 Å². The summed E-state index contributed by atoms with van der Waals surface area (Å²) in [5.41, 5.74) is 1.99. The molecule has 5 nitrogen and oxygen atoms in total. The zero-order valence-corrected chi connectivity index (χ0v) is 11.2. The van der Waals surface area contributed by atoms with Crippen LogP contribution in [-0.2, 0) is 18.4 Å². The highest BCUT2D eigenvalue weighted by Gasteiger charge is 2.10. The number of aryl methyl sites for hydroxylation is 1. The normalized spacial score (nSPS) is 17.6. The number of rotatable bonds is 4. The SMILES string of the molecule is Cn1ccnc1COC1C=CC(c2ccccn2)=CN1.